The smallest absolute Gasteiger partial charge is 0.238 e. The molecule has 120 valence electrons. The van der Waals surface area contributed by atoms with Gasteiger partial charge in [0.25, 0.3) is 0 Å². The van der Waals surface area contributed by atoms with Crippen LogP contribution >= 0.6 is 0 Å². The highest BCUT2D eigenvalue weighted by molar-refractivity contribution is 6.13. The van der Waals surface area contributed by atoms with Crippen LogP contribution in [0.1, 0.15) is 38.2 Å². The van der Waals surface area contributed by atoms with E-state index in [1.807, 2.05) is 6.92 Å². The van der Waals surface area contributed by atoms with Gasteiger partial charge in [-0.15, -0.1) is 0 Å². The molecule has 0 saturated heterocycles. The molecule has 1 aromatic carbocycles. The summed E-state index contributed by atoms with van der Waals surface area (Å²) >= 11 is 0. The van der Waals surface area contributed by atoms with Crippen LogP contribution in [-0.2, 0) is 15.0 Å². The molecule has 0 aliphatic heterocycles. The van der Waals surface area contributed by atoms with Crippen molar-refractivity contribution < 1.29 is 24.5 Å². The van der Waals surface area contributed by atoms with Crippen molar-refractivity contribution in [1.29, 1.82) is 0 Å². The third kappa shape index (κ3) is 2.49. The van der Waals surface area contributed by atoms with Crippen LogP contribution in [0, 0.1) is 0 Å². The van der Waals surface area contributed by atoms with Crippen molar-refractivity contribution in [2.75, 3.05) is 13.7 Å². The van der Waals surface area contributed by atoms with Gasteiger partial charge in [-0.25, -0.2) is 0 Å². The van der Waals surface area contributed by atoms with Gasteiger partial charge in [-0.05, 0) is 37.0 Å². The summed E-state index contributed by atoms with van der Waals surface area (Å²) in [5.41, 5.74) is -0.955. The van der Waals surface area contributed by atoms with Gasteiger partial charge in [0.2, 0.25) is 11.7 Å². The topological polar surface area (TPSA) is 95.9 Å². The van der Waals surface area contributed by atoms with Crippen molar-refractivity contribution in [1.82, 2.24) is 5.32 Å². The molecule has 1 aromatic rings. The second-order valence-electron chi connectivity index (χ2n) is 5.48. The first-order valence-corrected chi connectivity index (χ1v) is 7.39. The molecule has 1 aliphatic rings. The number of hydrogen-bond donors (Lipinski definition) is 3. The molecule has 1 saturated carbocycles. The number of phenols is 2. The molecule has 0 heterocycles. The number of methoxy groups -OCH3 is 1. The maximum absolute atomic E-state index is 12.6. The molecule has 0 aromatic heterocycles. The fourth-order valence-electron chi connectivity index (χ4n) is 2.93. The highest BCUT2D eigenvalue weighted by atomic mass is 16.5. The molecule has 6 nitrogen and oxygen atoms in total. The first-order valence-electron chi connectivity index (χ1n) is 7.39. The molecular weight excluding hydrogens is 286 g/mol. The van der Waals surface area contributed by atoms with Crippen molar-refractivity contribution in [3.05, 3.63) is 17.7 Å². The number of phenolic OH excluding ortho intramolecular Hbond substituents is 2. The van der Waals surface area contributed by atoms with Gasteiger partial charge in [0.1, 0.15) is 5.41 Å². The van der Waals surface area contributed by atoms with Crippen LogP contribution in [0.25, 0.3) is 0 Å². The van der Waals surface area contributed by atoms with Gasteiger partial charge in [0, 0.05) is 13.0 Å². The summed E-state index contributed by atoms with van der Waals surface area (Å²) < 4.78 is 5.01. The Balaban J connectivity index is 2.53. The fraction of sp³-hybridized carbons (Fsp3) is 0.500. The van der Waals surface area contributed by atoms with Crippen molar-refractivity contribution in [3.8, 4) is 17.2 Å². The molecule has 1 amide bonds. The predicted molar refractivity (Wildman–Crippen MR) is 80.2 cm³/mol. The quantitative estimate of drug-likeness (QED) is 0.567. The number of aromatic hydroxyl groups is 2. The Morgan fingerprint density at radius 3 is 2.68 bits per heavy atom. The predicted octanol–water partition coefficient (Wildman–Crippen LogP) is 1.62. The largest absolute Gasteiger partial charge is 0.504 e. The van der Waals surface area contributed by atoms with Crippen molar-refractivity contribution in [2.45, 2.75) is 38.0 Å². The summed E-state index contributed by atoms with van der Waals surface area (Å²) in [6.45, 7) is 2.41. The Morgan fingerprint density at radius 1 is 1.41 bits per heavy atom. The Labute approximate surface area is 129 Å². The Hall–Kier alpha value is -2.24. The number of carbonyl (C=O) groups excluding carboxylic acids is 2. The highest BCUT2D eigenvalue weighted by Gasteiger charge is 2.50. The number of ketones is 1. The molecule has 22 heavy (non-hydrogen) atoms. The van der Waals surface area contributed by atoms with E-state index in [0.717, 1.165) is 6.42 Å². The Morgan fingerprint density at radius 2 is 2.14 bits per heavy atom. The minimum atomic E-state index is -1.31. The van der Waals surface area contributed by atoms with E-state index in [2.05, 4.69) is 5.32 Å². The SMILES string of the molecule is CCCNC(=O)C1(c2cc(O)c(O)c(OC)c2)CCCC1=O. The average molecular weight is 307 g/mol. The van der Waals surface area contributed by atoms with E-state index in [4.69, 9.17) is 4.74 Å². The molecule has 1 aliphatic carbocycles. The zero-order chi connectivity index (χ0) is 16.3. The summed E-state index contributed by atoms with van der Waals surface area (Å²) in [6.07, 6.45) is 2.08. The van der Waals surface area contributed by atoms with Crippen LogP contribution in [0.3, 0.4) is 0 Å². The molecule has 3 N–H and O–H groups in total. The number of hydrogen-bond acceptors (Lipinski definition) is 5. The lowest BCUT2D eigenvalue weighted by Gasteiger charge is -2.27. The van der Waals surface area contributed by atoms with Gasteiger partial charge in [-0.2, -0.15) is 0 Å². The Bertz CT molecular complexity index is 598. The summed E-state index contributed by atoms with van der Waals surface area (Å²) in [5.74, 6) is -1.30. The fourth-order valence-corrected chi connectivity index (χ4v) is 2.93. The second kappa shape index (κ2) is 6.25. The lowest BCUT2D eigenvalue weighted by molar-refractivity contribution is -0.134. The number of Topliss-reactive ketones (excluding diaryl/α,β-unsaturated/α-hetero) is 1. The highest BCUT2D eigenvalue weighted by Crippen LogP contribution is 2.45. The maximum atomic E-state index is 12.6. The third-order valence-corrected chi connectivity index (χ3v) is 4.12. The van der Waals surface area contributed by atoms with Crippen LogP contribution < -0.4 is 10.1 Å². The summed E-state index contributed by atoms with van der Waals surface area (Å²) in [7, 11) is 1.35. The van der Waals surface area contributed by atoms with Crippen LogP contribution in [0.5, 0.6) is 17.2 Å². The lowest BCUT2D eigenvalue weighted by Crippen LogP contribution is -2.47. The van der Waals surface area contributed by atoms with Crippen LogP contribution in [-0.4, -0.2) is 35.6 Å². The molecular formula is C16H21NO5. The van der Waals surface area contributed by atoms with E-state index in [-0.39, 0.29) is 17.4 Å². The lowest BCUT2D eigenvalue weighted by atomic mass is 9.76. The van der Waals surface area contributed by atoms with Gasteiger partial charge in [0.05, 0.1) is 7.11 Å². The molecule has 2 rings (SSSR count). The summed E-state index contributed by atoms with van der Waals surface area (Å²) in [5, 5.41) is 22.4. The van der Waals surface area contributed by atoms with Gasteiger partial charge >= 0.3 is 0 Å². The molecule has 1 unspecified atom stereocenters. The van der Waals surface area contributed by atoms with Gasteiger partial charge in [-0.3, -0.25) is 9.59 Å². The van der Waals surface area contributed by atoms with E-state index in [1.165, 1.54) is 19.2 Å². The minimum Gasteiger partial charge on any atom is -0.504 e. The van der Waals surface area contributed by atoms with Crippen LogP contribution in [0.4, 0.5) is 0 Å². The second-order valence-corrected chi connectivity index (χ2v) is 5.48. The summed E-state index contributed by atoms with van der Waals surface area (Å²) in [4.78, 5) is 25.1. The van der Waals surface area contributed by atoms with E-state index >= 15 is 0 Å². The molecule has 1 atom stereocenters. The number of amides is 1. The van der Waals surface area contributed by atoms with E-state index in [1.54, 1.807) is 0 Å². The van der Waals surface area contributed by atoms with Crippen molar-refractivity contribution in [3.63, 3.8) is 0 Å². The zero-order valence-electron chi connectivity index (χ0n) is 12.8. The summed E-state index contributed by atoms with van der Waals surface area (Å²) in [6, 6.07) is 2.72. The van der Waals surface area contributed by atoms with Crippen molar-refractivity contribution >= 4 is 11.7 Å². The number of rotatable bonds is 5. The molecule has 1 fully saturated rings. The van der Waals surface area contributed by atoms with Gasteiger partial charge in [0.15, 0.2) is 17.3 Å². The van der Waals surface area contributed by atoms with Gasteiger partial charge < -0.3 is 20.3 Å². The normalized spacial score (nSPS) is 20.9. The number of ether oxygens (including phenoxy) is 1. The van der Waals surface area contributed by atoms with Crippen LogP contribution in [0.15, 0.2) is 12.1 Å². The number of nitrogens with one attached hydrogen (secondary N) is 1. The number of benzene rings is 1. The van der Waals surface area contributed by atoms with Crippen molar-refractivity contribution in [2.24, 2.45) is 0 Å². The molecule has 6 heteroatoms. The first kappa shape index (κ1) is 16.1. The standard InChI is InChI=1S/C16H21NO5/c1-3-7-17-15(21)16(6-4-5-13(16)19)10-8-11(18)14(20)12(9-10)22-2/h8-9,18,20H,3-7H2,1-2H3,(H,17,21). The maximum Gasteiger partial charge on any atom is 0.238 e. The molecule has 0 spiro atoms. The zero-order valence-corrected chi connectivity index (χ0v) is 12.8. The first-order chi connectivity index (χ1) is 10.5. The average Bonchev–Trinajstić information content (AvgIpc) is 2.90. The number of carbonyl (C=O) groups is 2. The Kier molecular flexibility index (Phi) is 4.59. The van der Waals surface area contributed by atoms with E-state index in [0.29, 0.717) is 31.4 Å². The van der Waals surface area contributed by atoms with Crippen LogP contribution in [0.2, 0.25) is 0 Å². The van der Waals surface area contributed by atoms with E-state index in [9.17, 15) is 19.8 Å². The molecule has 0 radical (unpaired) electrons. The molecule has 0 bridgehead atoms. The van der Waals surface area contributed by atoms with E-state index < -0.39 is 16.9 Å². The minimum absolute atomic E-state index is 0.0392. The third-order valence-electron chi connectivity index (χ3n) is 4.12. The van der Waals surface area contributed by atoms with Gasteiger partial charge in [-0.1, -0.05) is 6.92 Å². The monoisotopic (exact) mass is 307 g/mol.